The van der Waals surface area contributed by atoms with E-state index in [1.54, 1.807) is 12.1 Å². The van der Waals surface area contributed by atoms with Crippen LogP contribution in [0.5, 0.6) is 0 Å². The molecule has 7 nitrogen and oxygen atoms in total. The monoisotopic (exact) mass is 418 g/mol. The molecule has 2 amide bonds. The third-order valence-corrected chi connectivity index (χ3v) is 5.63. The molecule has 0 spiro atoms. The molecule has 1 N–H and O–H groups in total. The van der Waals surface area contributed by atoms with Gasteiger partial charge < -0.3 is 14.7 Å². The van der Waals surface area contributed by atoms with Crippen LogP contribution in [-0.2, 0) is 16.0 Å². The van der Waals surface area contributed by atoms with E-state index in [2.05, 4.69) is 15.5 Å². The van der Waals surface area contributed by atoms with Crippen molar-refractivity contribution in [2.45, 2.75) is 39.0 Å². The lowest BCUT2D eigenvalue weighted by molar-refractivity contribution is -0.131. The Balaban J connectivity index is 1.42. The minimum atomic E-state index is -0.117. The molecule has 1 fully saturated rings. The first-order chi connectivity index (χ1) is 15.0. The van der Waals surface area contributed by atoms with Crippen molar-refractivity contribution in [3.63, 3.8) is 0 Å². The van der Waals surface area contributed by atoms with E-state index >= 15 is 0 Å². The molecule has 0 unspecified atom stereocenters. The standard InChI is InChI=1S/C24H26N4O3/c1-16-6-3-4-7-19(16)14-22(30)28-13-5-8-20(15-28)24-26-23(27-31-24)18-9-11-21(12-10-18)25-17(2)29/h3-4,6-7,9-12,20H,5,8,13-15H2,1-2H3,(H,25,29)/t20-/m1/s1. The summed E-state index contributed by atoms with van der Waals surface area (Å²) in [5.74, 6) is 1.12. The van der Waals surface area contributed by atoms with Crippen LogP contribution >= 0.6 is 0 Å². The van der Waals surface area contributed by atoms with E-state index in [1.165, 1.54) is 6.92 Å². The number of hydrogen-bond donors (Lipinski definition) is 1. The molecule has 0 aliphatic carbocycles. The van der Waals surface area contributed by atoms with Gasteiger partial charge in [-0.05, 0) is 55.2 Å². The molecule has 1 aliphatic heterocycles. The number of carbonyl (C=O) groups excluding carboxylic acids is 2. The number of benzene rings is 2. The Morgan fingerprint density at radius 3 is 2.68 bits per heavy atom. The quantitative estimate of drug-likeness (QED) is 0.678. The molecule has 2 heterocycles. The second kappa shape index (κ2) is 9.12. The molecule has 7 heteroatoms. The van der Waals surface area contributed by atoms with Gasteiger partial charge in [0, 0.05) is 31.3 Å². The zero-order valence-electron chi connectivity index (χ0n) is 17.8. The van der Waals surface area contributed by atoms with Crippen molar-refractivity contribution in [1.82, 2.24) is 15.0 Å². The molecule has 160 valence electrons. The first-order valence-electron chi connectivity index (χ1n) is 10.5. The Bertz CT molecular complexity index is 1070. The number of nitrogens with zero attached hydrogens (tertiary/aromatic N) is 3. The summed E-state index contributed by atoms with van der Waals surface area (Å²) >= 11 is 0. The van der Waals surface area contributed by atoms with E-state index in [0.29, 0.717) is 24.7 Å². The van der Waals surface area contributed by atoms with E-state index in [-0.39, 0.29) is 17.7 Å². The van der Waals surface area contributed by atoms with E-state index in [9.17, 15) is 9.59 Å². The van der Waals surface area contributed by atoms with Gasteiger partial charge in [-0.15, -0.1) is 0 Å². The zero-order valence-corrected chi connectivity index (χ0v) is 17.8. The van der Waals surface area contributed by atoms with Crippen LogP contribution in [0.1, 0.15) is 42.7 Å². The molecule has 3 aromatic rings. The molecule has 2 aromatic carbocycles. The van der Waals surface area contributed by atoms with Crippen molar-refractivity contribution in [3.05, 3.63) is 65.5 Å². The summed E-state index contributed by atoms with van der Waals surface area (Å²) in [4.78, 5) is 30.5. The minimum Gasteiger partial charge on any atom is -0.342 e. The molecule has 1 aromatic heterocycles. The lowest BCUT2D eigenvalue weighted by atomic mass is 9.97. The fraction of sp³-hybridized carbons (Fsp3) is 0.333. The first kappa shape index (κ1) is 20.8. The maximum atomic E-state index is 12.9. The molecule has 1 aliphatic rings. The summed E-state index contributed by atoms with van der Waals surface area (Å²) in [7, 11) is 0. The first-order valence-corrected chi connectivity index (χ1v) is 10.5. The van der Waals surface area contributed by atoms with Gasteiger partial charge in [0.05, 0.1) is 12.3 Å². The Hall–Kier alpha value is -3.48. The van der Waals surface area contributed by atoms with Crippen molar-refractivity contribution in [3.8, 4) is 11.4 Å². The predicted molar refractivity (Wildman–Crippen MR) is 117 cm³/mol. The molecule has 0 bridgehead atoms. The van der Waals surface area contributed by atoms with Gasteiger partial charge in [-0.25, -0.2) is 0 Å². The molecular formula is C24H26N4O3. The number of piperidine rings is 1. The fourth-order valence-corrected chi connectivity index (χ4v) is 3.91. The maximum Gasteiger partial charge on any atom is 0.231 e. The minimum absolute atomic E-state index is 0.0365. The third kappa shape index (κ3) is 4.99. The SMILES string of the molecule is CC(=O)Nc1ccc(-c2noc([C@@H]3CCCN(C(=O)Cc4ccccc4C)C3)n2)cc1. The molecule has 1 atom stereocenters. The average Bonchev–Trinajstić information content (AvgIpc) is 3.26. The lowest BCUT2D eigenvalue weighted by Gasteiger charge is -2.31. The van der Waals surface area contributed by atoms with Gasteiger partial charge in [-0.1, -0.05) is 29.4 Å². The number of rotatable bonds is 5. The van der Waals surface area contributed by atoms with Crippen LogP contribution in [0.25, 0.3) is 11.4 Å². The van der Waals surface area contributed by atoms with Crippen LogP contribution in [0.2, 0.25) is 0 Å². The van der Waals surface area contributed by atoms with Gasteiger partial charge in [0.15, 0.2) is 0 Å². The number of carbonyl (C=O) groups is 2. The highest BCUT2D eigenvalue weighted by molar-refractivity contribution is 5.88. The van der Waals surface area contributed by atoms with Crippen LogP contribution in [-0.4, -0.2) is 39.9 Å². The van der Waals surface area contributed by atoms with E-state index in [4.69, 9.17) is 4.52 Å². The second-order valence-electron chi connectivity index (χ2n) is 8.00. The molecule has 0 saturated carbocycles. The Labute approximate surface area is 181 Å². The van der Waals surface area contributed by atoms with Crippen LogP contribution in [0.15, 0.2) is 53.1 Å². The topological polar surface area (TPSA) is 88.3 Å². The number of anilines is 1. The Morgan fingerprint density at radius 2 is 1.94 bits per heavy atom. The normalized spacial score (nSPS) is 16.2. The molecule has 0 radical (unpaired) electrons. The van der Waals surface area contributed by atoms with Gasteiger partial charge >= 0.3 is 0 Å². The summed E-state index contributed by atoms with van der Waals surface area (Å²) in [5.41, 5.74) is 3.73. The smallest absolute Gasteiger partial charge is 0.231 e. The number of aromatic nitrogens is 2. The fourth-order valence-electron chi connectivity index (χ4n) is 3.91. The van der Waals surface area contributed by atoms with Gasteiger partial charge in [0.25, 0.3) is 0 Å². The van der Waals surface area contributed by atoms with Gasteiger partial charge in [0.2, 0.25) is 23.5 Å². The van der Waals surface area contributed by atoms with E-state index < -0.39 is 0 Å². The Morgan fingerprint density at radius 1 is 1.16 bits per heavy atom. The summed E-state index contributed by atoms with van der Waals surface area (Å²) in [5, 5.41) is 6.86. The van der Waals surface area contributed by atoms with Crippen molar-refractivity contribution >= 4 is 17.5 Å². The van der Waals surface area contributed by atoms with E-state index in [0.717, 1.165) is 41.8 Å². The van der Waals surface area contributed by atoms with Gasteiger partial charge in [0.1, 0.15) is 0 Å². The van der Waals surface area contributed by atoms with Crippen LogP contribution < -0.4 is 5.32 Å². The number of amides is 2. The largest absolute Gasteiger partial charge is 0.342 e. The zero-order chi connectivity index (χ0) is 21.8. The lowest BCUT2D eigenvalue weighted by Crippen LogP contribution is -2.40. The highest BCUT2D eigenvalue weighted by Crippen LogP contribution is 2.28. The predicted octanol–water partition coefficient (Wildman–Crippen LogP) is 3.95. The number of aryl methyl sites for hydroxylation is 1. The average molecular weight is 418 g/mol. The summed E-state index contributed by atoms with van der Waals surface area (Å²) in [6.45, 7) is 4.85. The molecular weight excluding hydrogens is 392 g/mol. The van der Waals surface area contributed by atoms with Gasteiger partial charge in [-0.2, -0.15) is 4.98 Å². The highest BCUT2D eigenvalue weighted by Gasteiger charge is 2.28. The van der Waals surface area contributed by atoms with Gasteiger partial charge in [-0.3, -0.25) is 9.59 Å². The third-order valence-electron chi connectivity index (χ3n) is 5.63. The molecule has 4 rings (SSSR count). The van der Waals surface area contributed by atoms with Crippen molar-refractivity contribution < 1.29 is 14.1 Å². The van der Waals surface area contributed by atoms with Crippen molar-refractivity contribution in [2.75, 3.05) is 18.4 Å². The van der Waals surface area contributed by atoms with Crippen LogP contribution in [0.3, 0.4) is 0 Å². The van der Waals surface area contributed by atoms with E-state index in [1.807, 2.05) is 48.2 Å². The summed E-state index contributed by atoms with van der Waals surface area (Å²) in [6, 6.07) is 15.3. The molecule has 31 heavy (non-hydrogen) atoms. The Kier molecular flexibility index (Phi) is 6.11. The number of nitrogens with one attached hydrogen (secondary N) is 1. The second-order valence-corrected chi connectivity index (χ2v) is 8.00. The number of likely N-dealkylation sites (tertiary alicyclic amines) is 1. The highest BCUT2D eigenvalue weighted by atomic mass is 16.5. The molecule has 1 saturated heterocycles. The maximum absolute atomic E-state index is 12.9. The summed E-state index contributed by atoms with van der Waals surface area (Å²) in [6.07, 6.45) is 2.24. The summed E-state index contributed by atoms with van der Waals surface area (Å²) < 4.78 is 5.55. The van der Waals surface area contributed by atoms with Crippen molar-refractivity contribution in [1.29, 1.82) is 0 Å². The number of hydrogen-bond acceptors (Lipinski definition) is 5. The van der Waals surface area contributed by atoms with Crippen LogP contribution in [0, 0.1) is 6.92 Å². The van der Waals surface area contributed by atoms with Crippen molar-refractivity contribution in [2.24, 2.45) is 0 Å². The van der Waals surface area contributed by atoms with Crippen LogP contribution in [0.4, 0.5) is 5.69 Å².